The zero-order chi connectivity index (χ0) is 12.1. The minimum atomic E-state index is -1.42. The van der Waals surface area contributed by atoms with Crippen LogP contribution in [0.25, 0.3) is 0 Å². The Labute approximate surface area is 91.6 Å². The number of rotatable bonds is 4. The van der Waals surface area contributed by atoms with Crippen LogP contribution in [0.3, 0.4) is 0 Å². The summed E-state index contributed by atoms with van der Waals surface area (Å²) in [5.74, 6) is 0.153. The van der Waals surface area contributed by atoms with Crippen LogP contribution in [0.2, 0.25) is 0 Å². The molecular formula is C10H11NO5. The lowest BCUT2D eigenvalue weighted by atomic mass is 10.1. The number of nitro benzene ring substituents is 1. The lowest BCUT2D eigenvalue weighted by Gasteiger charge is -2.06. The Morgan fingerprint density at radius 2 is 2.25 bits per heavy atom. The van der Waals surface area contributed by atoms with Gasteiger partial charge in [0.2, 0.25) is 0 Å². The van der Waals surface area contributed by atoms with Gasteiger partial charge in [-0.1, -0.05) is 13.3 Å². The van der Waals surface area contributed by atoms with Crippen molar-refractivity contribution in [2.75, 3.05) is 0 Å². The van der Waals surface area contributed by atoms with Gasteiger partial charge in [0.25, 0.3) is 5.69 Å². The average molecular weight is 225 g/mol. The normalized spacial score (nSPS) is 9.81. The van der Waals surface area contributed by atoms with E-state index in [4.69, 9.17) is 5.11 Å². The Bertz CT molecular complexity index is 416. The maximum Gasteiger partial charge on any atom is 0.511 e. The van der Waals surface area contributed by atoms with E-state index in [1.807, 2.05) is 6.92 Å². The third-order valence-electron chi connectivity index (χ3n) is 1.97. The number of hydrogen-bond donors (Lipinski definition) is 1. The molecule has 6 heteroatoms. The molecule has 1 aromatic rings. The fourth-order valence-electron chi connectivity index (χ4n) is 1.34. The van der Waals surface area contributed by atoms with Crippen LogP contribution in [0.5, 0.6) is 5.75 Å². The summed E-state index contributed by atoms with van der Waals surface area (Å²) in [6.45, 7) is 1.89. The molecule has 16 heavy (non-hydrogen) atoms. The van der Waals surface area contributed by atoms with Crippen LogP contribution in [-0.2, 0) is 6.42 Å². The maximum atomic E-state index is 10.5. The Kier molecular flexibility index (Phi) is 3.82. The second-order valence-corrected chi connectivity index (χ2v) is 3.17. The van der Waals surface area contributed by atoms with Crippen molar-refractivity contribution in [3.05, 3.63) is 33.9 Å². The lowest BCUT2D eigenvalue weighted by molar-refractivity contribution is -0.384. The number of aryl methyl sites for hydroxylation is 1. The lowest BCUT2D eigenvalue weighted by Crippen LogP contribution is -2.05. The molecule has 1 N–H and O–H groups in total. The third-order valence-corrected chi connectivity index (χ3v) is 1.97. The second-order valence-electron chi connectivity index (χ2n) is 3.17. The monoisotopic (exact) mass is 225 g/mol. The molecule has 0 aromatic heterocycles. The highest BCUT2D eigenvalue weighted by molar-refractivity contribution is 5.62. The first-order valence-electron chi connectivity index (χ1n) is 4.72. The van der Waals surface area contributed by atoms with Crippen molar-refractivity contribution in [1.82, 2.24) is 0 Å². The molecule has 6 nitrogen and oxygen atoms in total. The summed E-state index contributed by atoms with van der Waals surface area (Å²) in [6.07, 6.45) is -0.146. The Balaban J connectivity index is 3.08. The fraction of sp³-hybridized carbons (Fsp3) is 0.300. The van der Waals surface area contributed by atoms with Crippen LogP contribution in [-0.4, -0.2) is 16.2 Å². The first-order chi connectivity index (χ1) is 7.54. The molecule has 0 unspecified atom stereocenters. The van der Waals surface area contributed by atoms with Gasteiger partial charge in [0, 0.05) is 17.7 Å². The summed E-state index contributed by atoms with van der Waals surface area (Å²) in [7, 11) is 0. The van der Waals surface area contributed by atoms with Crippen LogP contribution in [0.4, 0.5) is 10.5 Å². The molecular weight excluding hydrogens is 214 g/mol. The minimum absolute atomic E-state index is 0.0683. The van der Waals surface area contributed by atoms with Crippen molar-refractivity contribution in [3.8, 4) is 5.75 Å². The van der Waals surface area contributed by atoms with Crippen molar-refractivity contribution < 1.29 is 19.6 Å². The van der Waals surface area contributed by atoms with Gasteiger partial charge >= 0.3 is 6.16 Å². The quantitative estimate of drug-likeness (QED) is 0.368. The summed E-state index contributed by atoms with van der Waals surface area (Å²) in [5, 5.41) is 19.0. The van der Waals surface area contributed by atoms with E-state index in [0.29, 0.717) is 12.0 Å². The van der Waals surface area contributed by atoms with Crippen LogP contribution >= 0.6 is 0 Å². The molecule has 0 atom stereocenters. The van der Waals surface area contributed by atoms with E-state index >= 15 is 0 Å². The number of nitro groups is 1. The number of hydrogen-bond acceptors (Lipinski definition) is 4. The summed E-state index contributed by atoms with van der Waals surface area (Å²) in [5.41, 5.74) is 0.459. The molecule has 0 saturated carbocycles. The molecule has 0 aliphatic carbocycles. The van der Waals surface area contributed by atoms with Crippen molar-refractivity contribution >= 4 is 11.8 Å². The standard InChI is InChI=1S/C10H11NO5/c1-2-3-7-6-8(11(14)15)4-5-9(7)16-10(12)13/h4-6H,2-3H2,1H3,(H,12,13). The van der Waals surface area contributed by atoms with E-state index < -0.39 is 11.1 Å². The van der Waals surface area contributed by atoms with Gasteiger partial charge < -0.3 is 9.84 Å². The van der Waals surface area contributed by atoms with Crippen molar-refractivity contribution in [2.45, 2.75) is 19.8 Å². The maximum absolute atomic E-state index is 10.5. The molecule has 0 saturated heterocycles. The van der Waals surface area contributed by atoms with Gasteiger partial charge in [0.15, 0.2) is 0 Å². The zero-order valence-corrected chi connectivity index (χ0v) is 8.67. The van der Waals surface area contributed by atoms with Crippen LogP contribution < -0.4 is 4.74 Å². The Morgan fingerprint density at radius 3 is 2.75 bits per heavy atom. The second kappa shape index (κ2) is 5.11. The van der Waals surface area contributed by atoms with Crippen molar-refractivity contribution in [1.29, 1.82) is 0 Å². The highest BCUT2D eigenvalue weighted by Crippen LogP contribution is 2.25. The molecule has 86 valence electrons. The summed E-state index contributed by atoms with van der Waals surface area (Å²) in [6, 6.07) is 3.86. The highest BCUT2D eigenvalue weighted by Gasteiger charge is 2.13. The Morgan fingerprint density at radius 1 is 1.56 bits per heavy atom. The number of benzene rings is 1. The van der Waals surface area contributed by atoms with Crippen LogP contribution in [0.1, 0.15) is 18.9 Å². The largest absolute Gasteiger partial charge is 0.511 e. The van der Waals surface area contributed by atoms with E-state index in [1.54, 1.807) is 0 Å². The van der Waals surface area contributed by atoms with Gasteiger partial charge in [-0.15, -0.1) is 0 Å². The zero-order valence-electron chi connectivity index (χ0n) is 8.67. The number of carboxylic acid groups (broad SMARTS) is 1. The molecule has 1 rings (SSSR count). The molecule has 0 radical (unpaired) electrons. The predicted octanol–water partition coefficient (Wildman–Crippen LogP) is 2.60. The molecule has 0 bridgehead atoms. The molecule has 0 amide bonds. The molecule has 1 aromatic carbocycles. The summed E-state index contributed by atoms with van der Waals surface area (Å²) in [4.78, 5) is 20.4. The first-order valence-corrected chi connectivity index (χ1v) is 4.72. The van der Waals surface area contributed by atoms with Crippen molar-refractivity contribution in [3.63, 3.8) is 0 Å². The van der Waals surface area contributed by atoms with Gasteiger partial charge in [-0.3, -0.25) is 10.1 Å². The predicted molar refractivity (Wildman–Crippen MR) is 55.7 cm³/mol. The van der Waals surface area contributed by atoms with Gasteiger partial charge in [-0.05, 0) is 12.5 Å². The Hall–Kier alpha value is -2.11. The van der Waals surface area contributed by atoms with Gasteiger partial charge in [0.1, 0.15) is 5.75 Å². The van der Waals surface area contributed by atoms with E-state index in [-0.39, 0.29) is 11.4 Å². The molecule has 0 heterocycles. The minimum Gasteiger partial charge on any atom is -0.449 e. The highest BCUT2D eigenvalue weighted by atomic mass is 16.7. The van der Waals surface area contributed by atoms with Gasteiger partial charge in [0.05, 0.1) is 4.92 Å². The number of carbonyl (C=O) groups is 1. The molecule has 0 aliphatic heterocycles. The molecule has 0 fully saturated rings. The van der Waals surface area contributed by atoms with E-state index in [0.717, 1.165) is 6.42 Å². The number of ether oxygens (including phenoxy) is 1. The topological polar surface area (TPSA) is 89.7 Å². The van der Waals surface area contributed by atoms with E-state index in [1.165, 1.54) is 18.2 Å². The first kappa shape index (κ1) is 12.0. The van der Waals surface area contributed by atoms with Crippen molar-refractivity contribution in [2.24, 2.45) is 0 Å². The smallest absolute Gasteiger partial charge is 0.449 e. The van der Waals surface area contributed by atoms with Crippen LogP contribution in [0.15, 0.2) is 18.2 Å². The summed E-state index contributed by atoms with van der Waals surface area (Å²) >= 11 is 0. The van der Waals surface area contributed by atoms with Gasteiger partial charge in [-0.25, -0.2) is 4.79 Å². The average Bonchev–Trinajstić information content (AvgIpc) is 2.20. The third kappa shape index (κ3) is 2.94. The summed E-state index contributed by atoms with van der Waals surface area (Å²) < 4.78 is 4.53. The molecule has 0 aliphatic rings. The number of nitrogens with zero attached hydrogens (tertiary/aromatic N) is 1. The molecule has 0 spiro atoms. The van der Waals surface area contributed by atoms with Gasteiger partial charge in [-0.2, -0.15) is 0 Å². The van der Waals surface area contributed by atoms with E-state index in [9.17, 15) is 14.9 Å². The number of non-ortho nitro benzene ring substituents is 1. The fourth-order valence-corrected chi connectivity index (χ4v) is 1.34. The van der Waals surface area contributed by atoms with E-state index in [2.05, 4.69) is 4.74 Å². The SMILES string of the molecule is CCCc1cc([N+](=O)[O-])ccc1OC(=O)O. The van der Waals surface area contributed by atoms with Crippen LogP contribution in [0, 0.1) is 10.1 Å².